The lowest BCUT2D eigenvalue weighted by Crippen LogP contribution is -2.31. The van der Waals surface area contributed by atoms with Crippen LogP contribution in [0.5, 0.6) is 0 Å². The van der Waals surface area contributed by atoms with E-state index >= 15 is 0 Å². The van der Waals surface area contributed by atoms with Gasteiger partial charge in [0.2, 0.25) is 0 Å². The Hall–Kier alpha value is -1.81. The molecule has 0 bridgehead atoms. The molecule has 2 aromatic rings. The van der Waals surface area contributed by atoms with Gasteiger partial charge in [-0.3, -0.25) is 9.48 Å². The van der Waals surface area contributed by atoms with Crippen LogP contribution < -0.4 is 0 Å². The highest BCUT2D eigenvalue weighted by atomic mass is 35.5. The van der Waals surface area contributed by atoms with E-state index < -0.39 is 0 Å². The molecule has 0 atom stereocenters. The SMILES string of the molecule is CCN(CC)C(=O)c1c(C)nn(Cc2ccccc2Cl)c1C. The van der Waals surface area contributed by atoms with E-state index in [1.165, 1.54) is 0 Å². The van der Waals surface area contributed by atoms with Crippen LogP contribution in [-0.4, -0.2) is 33.7 Å². The summed E-state index contributed by atoms with van der Waals surface area (Å²) in [5.41, 5.74) is 3.35. The van der Waals surface area contributed by atoms with Crippen LogP contribution >= 0.6 is 11.6 Å². The largest absolute Gasteiger partial charge is 0.339 e. The summed E-state index contributed by atoms with van der Waals surface area (Å²) in [5.74, 6) is 0.0467. The molecule has 22 heavy (non-hydrogen) atoms. The van der Waals surface area contributed by atoms with Crippen molar-refractivity contribution in [3.63, 3.8) is 0 Å². The minimum atomic E-state index is 0.0467. The van der Waals surface area contributed by atoms with Crippen LogP contribution in [0.1, 0.15) is 41.2 Å². The normalized spacial score (nSPS) is 10.8. The van der Waals surface area contributed by atoms with Gasteiger partial charge in [0.25, 0.3) is 5.91 Å². The monoisotopic (exact) mass is 319 g/mol. The van der Waals surface area contributed by atoms with Crippen molar-refractivity contribution in [2.24, 2.45) is 0 Å². The summed E-state index contributed by atoms with van der Waals surface area (Å²) in [6.07, 6.45) is 0. The minimum absolute atomic E-state index is 0.0467. The summed E-state index contributed by atoms with van der Waals surface area (Å²) in [4.78, 5) is 14.4. The Morgan fingerprint density at radius 1 is 1.23 bits per heavy atom. The van der Waals surface area contributed by atoms with Gasteiger partial charge in [-0.05, 0) is 39.3 Å². The van der Waals surface area contributed by atoms with Gasteiger partial charge in [0.1, 0.15) is 0 Å². The molecule has 0 saturated heterocycles. The third-order valence-corrected chi connectivity index (χ3v) is 4.29. The number of carbonyl (C=O) groups excluding carboxylic acids is 1. The molecule has 1 aromatic heterocycles. The summed E-state index contributed by atoms with van der Waals surface area (Å²) >= 11 is 6.21. The standard InChI is InChI=1S/C17H22ClN3O/c1-5-20(6-2)17(22)16-12(3)19-21(13(16)4)11-14-9-7-8-10-15(14)18/h7-10H,5-6,11H2,1-4H3. The van der Waals surface area contributed by atoms with Gasteiger partial charge in [0, 0.05) is 23.8 Å². The molecule has 118 valence electrons. The molecular weight excluding hydrogens is 298 g/mol. The zero-order valence-corrected chi connectivity index (χ0v) is 14.3. The fourth-order valence-corrected chi connectivity index (χ4v) is 2.81. The Morgan fingerprint density at radius 3 is 2.45 bits per heavy atom. The van der Waals surface area contributed by atoms with Gasteiger partial charge in [-0.15, -0.1) is 0 Å². The van der Waals surface area contributed by atoms with Gasteiger partial charge in [-0.25, -0.2) is 0 Å². The lowest BCUT2D eigenvalue weighted by atomic mass is 10.1. The Balaban J connectivity index is 2.35. The van der Waals surface area contributed by atoms with Gasteiger partial charge in [-0.1, -0.05) is 29.8 Å². The molecule has 0 aliphatic carbocycles. The number of benzene rings is 1. The quantitative estimate of drug-likeness (QED) is 0.843. The van der Waals surface area contributed by atoms with Crippen molar-refractivity contribution in [1.82, 2.24) is 14.7 Å². The minimum Gasteiger partial charge on any atom is -0.339 e. The third-order valence-electron chi connectivity index (χ3n) is 3.92. The van der Waals surface area contributed by atoms with E-state index in [9.17, 15) is 4.79 Å². The Kier molecular flexibility index (Phi) is 5.24. The summed E-state index contributed by atoms with van der Waals surface area (Å²) in [7, 11) is 0. The average Bonchev–Trinajstić information content (AvgIpc) is 2.77. The number of hydrogen-bond donors (Lipinski definition) is 0. The highest BCUT2D eigenvalue weighted by Gasteiger charge is 2.22. The third kappa shape index (κ3) is 3.17. The van der Waals surface area contributed by atoms with Gasteiger partial charge >= 0.3 is 0 Å². The van der Waals surface area contributed by atoms with Crippen molar-refractivity contribution < 1.29 is 4.79 Å². The first-order valence-corrected chi connectivity index (χ1v) is 7.94. The zero-order chi connectivity index (χ0) is 16.3. The number of amides is 1. The number of hydrogen-bond acceptors (Lipinski definition) is 2. The van der Waals surface area contributed by atoms with Gasteiger partial charge in [0.05, 0.1) is 17.8 Å². The van der Waals surface area contributed by atoms with Crippen molar-refractivity contribution >= 4 is 17.5 Å². The highest BCUT2D eigenvalue weighted by Crippen LogP contribution is 2.20. The van der Waals surface area contributed by atoms with Crippen molar-refractivity contribution in [1.29, 1.82) is 0 Å². The summed E-state index contributed by atoms with van der Waals surface area (Å²) < 4.78 is 1.85. The van der Waals surface area contributed by atoms with Gasteiger partial charge < -0.3 is 4.90 Å². The molecule has 0 aliphatic heterocycles. The lowest BCUT2D eigenvalue weighted by Gasteiger charge is -2.18. The second-order valence-electron chi connectivity index (χ2n) is 5.27. The fraction of sp³-hybridized carbons (Fsp3) is 0.412. The van der Waals surface area contributed by atoms with Crippen LogP contribution in [0.2, 0.25) is 5.02 Å². The van der Waals surface area contributed by atoms with Crippen LogP contribution in [0, 0.1) is 13.8 Å². The number of carbonyl (C=O) groups is 1. The Labute approximate surface area is 136 Å². The maximum absolute atomic E-state index is 12.6. The lowest BCUT2D eigenvalue weighted by molar-refractivity contribution is 0.0771. The van der Waals surface area contributed by atoms with Gasteiger partial charge in [-0.2, -0.15) is 5.10 Å². The fourth-order valence-electron chi connectivity index (χ4n) is 2.62. The van der Waals surface area contributed by atoms with Crippen molar-refractivity contribution in [3.8, 4) is 0 Å². The molecule has 1 amide bonds. The van der Waals surface area contributed by atoms with E-state index in [1.54, 1.807) is 0 Å². The first-order chi connectivity index (χ1) is 10.5. The molecule has 0 spiro atoms. The smallest absolute Gasteiger partial charge is 0.257 e. The number of rotatable bonds is 5. The molecule has 0 aliphatic rings. The molecule has 0 N–H and O–H groups in total. The molecule has 4 nitrogen and oxygen atoms in total. The first kappa shape index (κ1) is 16.6. The van der Waals surface area contributed by atoms with Crippen LogP contribution in [0.15, 0.2) is 24.3 Å². The van der Waals surface area contributed by atoms with Crippen molar-refractivity contribution in [3.05, 3.63) is 51.8 Å². The number of nitrogens with zero attached hydrogens (tertiary/aromatic N) is 3. The molecule has 5 heteroatoms. The van der Waals surface area contributed by atoms with E-state index in [4.69, 9.17) is 11.6 Å². The van der Waals surface area contributed by atoms with E-state index in [0.717, 1.165) is 17.0 Å². The maximum Gasteiger partial charge on any atom is 0.257 e. The molecule has 0 unspecified atom stereocenters. The van der Waals surface area contributed by atoms with Gasteiger partial charge in [0.15, 0.2) is 0 Å². The Bertz CT molecular complexity index is 675. The average molecular weight is 320 g/mol. The molecule has 0 saturated carbocycles. The van der Waals surface area contributed by atoms with Crippen LogP contribution in [0.4, 0.5) is 0 Å². The first-order valence-electron chi connectivity index (χ1n) is 7.56. The molecule has 1 aromatic carbocycles. The van der Waals surface area contributed by atoms with Crippen molar-refractivity contribution in [2.45, 2.75) is 34.2 Å². The molecular formula is C17H22ClN3O. The number of aryl methyl sites for hydroxylation is 1. The summed E-state index contributed by atoms with van der Waals surface area (Å²) in [5, 5.41) is 5.24. The molecule has 1 heterocycles. The van der Waals surface area contributed by atoms with Crippen molar-refractivity contribution in [2.75, 3.05) is 13.1 Å². The molecule has 0 radical (unpaired) electrons. The number of halogens is 1. The van der Waals surface area contributed by atoms with E-state index in [-0.39, 0.29) is 5.91 Å². The van der Waals surface area contributed by atoms with E-state index in [1.807, 2.05) is 61.5 Å². The summed E-state index contributed by atoms with van der Waals surface area (Å²) in [6, 6.07) is 7.70. The summed E-state index contributed by atoms with van der Waals surface area (Å²) in [6.45, 7) is 9.76. The van der Waals surface area contributed by atoms with E-state index in [2.05, 4.69) is 5.10 Å². The highest BCUT2D eigenvalue weighted by molar-refractivity contribution is 6.31. The number of aromatic nitrogens is 2. The topological polar surface area (TPSA) is 38.1 Å². The van der Waals surface area contributed by atoms with Crippen LogP contribution in [0.3, 0.4) is 0 Å². The molecule has 0 fully saturated rings. The zero-order valence-electron chi connectivity index (χ0n) is 13.6. The predicted molar refractivity (Wildman–Crippen MR) is 89.5 cm³/mol. The van der Waals surface area contributed by atoms with Crippen LogP contribution in [0.25, 0.3) is 0 Å². The van der Waals surface area contributed by atoms with Crippen LogP contribution in [-0.2, 0) is 6.54 Å². The Morgan fingerprint density at radius 2 is 1.86 bits per heavy atom. The maximum atomic E-state index is 12.6. The second-order valence-corrected chi connectivity index (χ2v) is 5.68. The van der Waals surface area contributed by atoms with E-state index in [0.29, 0.717) is 30.2 Å². The molecule has 2 rings (SSSR count). The second kappa shape index (κ2) is 6.97. The predicted octanol–water partition coefficient (Wildman–Crippen LogP) is 3.68.